The quantitative estimate of drug-likeness (QED) is 0.223. The number of hydrogen-bond donors (Lipinski definition) is 2. The minimum absolute atomic E-state index is 0.00114. The zero-order valence-electron chi connectivity index (χ0n) is 22.5. The smallest absolute Gasteiger partial charge is 0.317 e. The molecule has 0 bridgehead atoms. The van der Waals surface area contributed by atoms with Crippen molar-refractivity contribution in [3.63, 3.8) is 0 Å². The fourth-order valence-electron chi connectivity index (χ4n) is 6.02. The van der Waals surface area contributed by atoms with E-state index in [1.54, 1.807) is 0 Å². The first-order valence-electron chi connectivity index (χ1n) is 14.3. The highest BCUT2D eigenvalue weighted by molar-refractivity contribution is 7.99. The van der Waals surface area contributed by atoms with Gasteiger partial charge in [0.15, 0.2) is 11.0 Å². The molecule has 1 aliphatic carbocycles. The summed E-state index contributed by atoms with van der Waals surface area (Å²) in [6, 6.07) is 27.9. The van der Waals surface area contributed by atoms with Crippen LogP contribution in [0.2, 0.25) is 0 Å². The zero-order chi connectivity index (χ0) is 26.4. The Morgan fingerprint density at radius 3 is 2.36 bits per heavy atom. The summed E-state index contributed by atoms with van der Waals surface area (Å²) in [4.78, 5) is 21.6. The monoisotopic (exact) mass is 540 g/mol. The molecule has 1 amide bonds. The number of nitrogens with one attached hydrogen (secondary N) is 2. The molecule has 0 atom stereocenters. The largest absolute Gasteiger partial charge is 0.369 e. The lowest BCUT2D eigenvalue weighted by atomic mass is 9.94. The second kappa shape index (κ2) is 12.3. The van der Waals surface area contributed by atoms with Crippen LogP contribution in [0.5, 0.6) is 0 Å². The van der Waals surface area contributed by atoms with Crippen LogP contribution < -0.4 is 14.8 Å². The number of imidazole rings is 1. The van der Waals surface area contributed by atoms with Crippen LogP contribution >= 0.6 is 11.8 Å². The molecular formula is C32H38N5OS+. The van der Waals surface area contributed by atoms with Gasteiger partial charge in [0.2, 0.25) is 5.91 Å². The van der Waals surface area contributed by atoms with Gasteiger partial charge in [0.05, 0.1) is 5.75 Å². The number of piperazine rings is 1. The summed E-state index contributed by atoms with van der Waals surface area (Å²) in [6.07, 6.45) is 6.95. The molecule has 2 fully saturated rings. The molecule has 6 rings (SSSR count). The summed E-state index contributed by atoms with van der Waals surface area (Å²) in [5.74, 6) is 0.339. The molecule has 3 aromatic carbocycles. The Labute approximate surface area is 235 Å². The number of amides is 1. The summed E-state index contributed by atoms with van der Waals surface area (Å²) in [7, 11) is 0. The number of aromatic nitrogens is 2. The number of carbonyl (C=O) groups excluding carboxylic acids is 1. The predicted octanol–water partition coefficient (Wildman–Crippen LogP) is 5.69. The standard InChI is InChI=1S/C32H37N5OS/c38-31(24-39-32-34-29-13-7-8-14-30(29)37(32)23-25-9-3-1-4-10-25)33-26-15-17-28(18-16-26)36-21-19-35(20-22-36)27-11-5-2-6-12-27/h1,3-4,7-10,13-18,27H,2,5-6,11-12,19-24H2,(H,33,38)/p+1. The summed E-state index contributed by atoms with van der Waals surface area (Å²) < 4.78 is 2.26. The number of H-pyrrole nitrogens is 1. The molecule has 202 valence electrons. The van der Waals surface area contributed by atoms with Crippen LogP contribution in [0.1, 0.15) is 37.7 Å². The van der Waals surface area contributed by atoms with Crippen LogP contribution in [-0.2, 0) is 11.3 Å². The van der Waals surface area contributed by atoms with E-state index in [0.717, 1.165) is 60.6 Å². The lowest BCUT2D eigenvalue weighted by molar-refractivity contribution is -0.700. The summed E-state index contributed by atoms with van der Waals surface area (Å²) in [5.41, 5.74) is 5.53. The number of anilines is 2. The van der Waals surface area contributed by atoms with Crippen LogP contribution in [0.25, 0.3) is 11.0 Å². The van der Waals surface area contributed by atoms with E-state index in [2.05, 4.69) is 79.3 Å². The second-order valence-electron chi connectivity index (χ2n) is 10.7. The number of carbonyl (C=O) groups is 1. The van der Waals surface area contributed by atoms with Crippen molar-refractivity contribution in [2.24, 2.45) is 0 Å². The van der Waals surface area contributed by atoms with Crippen molar-refractivity contribution in [1.82, 2.24) is 9.88 Å². The topological polar surface area (TPSA) is 55.3 Å². The van der Waals surface area contributed by atoms with Crippen molar-refractivity contribution in [2.75, 3.05) is 42.1 Å². The van der Waals surface area contributed by atoms with Crippen LogP contribution in [0.15, 0.2) is 84.0 Å². The van der Waals surface area contributed by atoms with Gasteiger partial charge in [0, 0.05) is 43.6 Å². The van der Waals surface area contributed by atoms with Gasteiger partial charge in [-0.25, -0.2) is 9.55 Å². The minimum atomic E-state index is -0.00114. The molecule has 39 heavy (non-hydrogen) atoms. The minimum Gasteiger partial charge on any atom is -0.369 e. The van der Waals surface area contributed by atoms with Crippen LogP contribution in [-0.4, -0.2) is 53.8 Å². The Kier molecular flexibility index (Phi) is 8.16. The molecule has 0 unspecified atom stereocenters. The van der Waals surface area contributed by atoms with Crippen molar-refractivity contribution in [3.05, 3.63) is 84.4 Å². The summed E-state index contributed by atoms with van der Waals surface area (Å²) in [6.45, 7) is 5.21. The fraction of sp³-hybridized carbons (Fsp3) is 0.375. The van der Waals surface area contributed by atoms with E-state index in [1.807, 2.05) is 24.3 Å². The van der Waals surface area contributed by atoms with E-state index in [0.29, 0.717) is 5.75 Å². The molecule has 1 saturated heterocycles. The summed E-state index contributed by atoms with van der Waals surface area (Å²) in [5, 5.41) is 4.07. The number of rotatable bonds is 8. The molecule has 1 aliphatic heterocycles. The molecule has 0 radical (unpaired) electrons. The van der Waals surface area contributed by atoms with E-state index < -0.39 is 0 Å². The third kappa shape index (κ3) is 6.31. The molecular weight excluding hydrogens is 502 g/mol. The number of nitrogens with zero attached hydrogens (tertiary/aromatic N) is 3. The van der Waals surface area contributed by atoms with Gasteiger partial charge in [-0.05, 0) is 66.6 Å². The van der Waals surface area contributed by atoms with Gasteiger partial charge in [-0.15, -0.1) is 0 Å². The van der Waals surface area contributed by atoms with Crippen molar-refractivity contribution in [3.8, 4) is 0 Å². The Morgan fingerprint density at radius 1 is 0.872 bits per heavy atom. The summed E-state index contributed by atoms with van der Waals surface area (Å²) >= 11 is 1.54. The van der Waals surface area contributed by atoms with E-state index >= 15 is 0 Å². The number of benzene rings is 3. The van der Waals surface area contributed by atoms with Crippen molar-refractivity contribution < 1.29 is 9.36 Å². The van der Waals surface area contributed by atoms with Gasteiger partial charge in [0.25, 0.3) is 0 Å². The van der Waals surface area contributed by atoms with E-state index in [1.165, 1.54) is 55.1 Å². The first-order chi connectivity index (χ1) is 19.2. The molecule has 1 aromatic heterocycles. The highest BCUT2D eigenvalue weighted by atomic mass is 32.2. The maximum Gasteiger partial charge on any atom is 0.317 e. The maximum absolute atomic E-state index is 12.9. The Balaban J connectivity index is 1.04. The van der Waals surface area contributed by atoms with E-state index in [9.17, 15) is 4.79 Å². The Bertz CT molecular complexity index is 1370. The number of hydrogen-bond acceptors (Lipinski definition) is 4. The van der Waals surface area contributed by atoms with Gasteiger partial charge < -0.3 is 10.2 Å². The normalized spacial score (nSPS) is 17.0. The lowest BCUT2D eigenvalue weighted by Crippen LogP contribution is -2.50. The molecule has 1 saturated carbocycles. The number of para-hydroxylation sites is 2. The SMILES string of the molecule is O=C(CSc1[nH]c2ccccc2[n+]1Cc1ccccc1)Nc1ccc(N2CCN(C3CCCCC3)CC2)cc1. The molecule has 6 nitrogen and oxygen atoms in total. The van der Waals surface area contributed by atoms with Crippen LogP contribution in [0, 0.1) is 0 Å². The van der Waals surface area contributed by atoms with Crippen LogP contribution in [0.3, 0.4) is 0 Å². The van der Waals surface area contributed by atoms with E-state index in [-0.39, 0.29) is 5.91 Å². The number of thioether (sulfide) groups is 1. The average molecular weight is 541 g/mol. The van der Waals surface area contributed by atoms with Gasteiger partial charge >= 0.3 is 5.16 Å². The number of aromatic amines is 1. The lowest BCUT2D eigenvalue weighted by Gasteiger charge is -2.41. The fourth-order valence-corrected chi connectivity index (χ4v) is 6.86. The molecule has 4 aromatic rings. The van der Waals surface area contributed by atoms with Crippen molar-refractivity contribution >= 4 is 40.1 Å². The van der Waals surface area contributed by atoms with Crippen LogP contribution in [0.4, 0.5) is 11.4 Å². The highest BCUT2D eigenvalue weighted by Gasteiger charge is 2.25. The maximum atomic E-state index is 12.9. The molecule has 7 heteroatoms. The van der Waals surface area contributed by atoms with Gasteiger partial charge in [0.1, 0.15) is 6.54 Å². The van der Waals surface area contributed by atoms with Gasteiger partial charge in [-0.1, -0.05) is 61.7 Å². The predicted molar refractivity (Wildman–Crippen MR) is 160 cm³/mol. The first kappa shape index (κ1) is 26.0. The molecule has 2 aliphatic rings. The molecule has 0 spiro atoms. The molecule has 2 heterocycles. The Hall–Kier alpha value is -3.29. The van der Waals surface area contributed by atoms with Crippen molar-refractivity contribution in [2.45, 2.75) is 49.8 Å². The third-order valence-electron chi connectivity index (χ3n) is 8.13. The average Bonchev–Trinajstić information content (AvgIpc) is 3.34. The van der Waals surface area contributed by atoms with Gasteiger partial charge in [-0.2, -0.15) is 0 Å². The second-order valence-corrected chi connectivity index (χ2v) is 11.7. The first-order valence-corrected chi connectivity index (χ1v) is 15.3. The number of fused-ring (bicyclic) bond motifs is 1. The van der Waals surface area contributed by atoms with Gasteiger partial charge in [-0.3, -0.25) is 9.69 Å². The zero-order valence-corrected chi connectivity index (χ0v) is 23.3. The third-order valence-corrected chi connectivity index (χ3v) is 9.13. The highest BCUT2D eigenvalue weighted by Crippen LogP contribution is 2.26. The Morgan fingerprint density at radius 2 is 1.59 bits per heavy atom. The molecule has 2 N–H and O–H groups in total. The van der Waals surface area contributed by atoms with E-state index in [4.69, 9.17) is 0 Å². The van der Waals surface area contributed by atoms with Crippen molar-refractivity contribution in [1.29, 1.82) is 0 Å².